The van der Waals surface area contributed by atoms with Crippen LogP contribution in [0.15, 0.2) is 84.9 Å². The van der Waals surface area contributed by atoms with Gasteiger partial charge >= 0.3 is 5.97 Å². The summed E-state index contributed by atoms with van der Waals surface area (Å²) in [7, 11) is 0. The zero-order valence-corrected chi connectivity index (χ0v) is 19.4. The number of benzene rings is 3. The van der Waals surface area contributed by atoms with E-state index in [1.807, 2.05) is 91.9 Å². The van der Waals surface area contributed by atoms with Gasteiger partial charge in [0.2, 0.25) is 0 Å². The van der Waals surface area contributed by atoms with Crippen molar-refractivity contribution in [3.05, 3.63) is 102 Å². The van der Waals surface area contributed by atoms with Crippen molar-refractivity contribution in [2.45, 2.75) is 20.8 Å². The van der Waals surface area contributed by atoms with Gasteiger partial charge in [0.25, 0.3) is 0 Å². The Morgan fingerprint density at radius 3 is 1.88 bits per heavy atom. The first kappa shape index (κ1) is 24.3. The Morgan fingerprint density at radius 1 is 0.882 bits per heavy atom. The van der Waals surface area contributed by atoms with Gasteiger partial charge in [0.1, 0.15) is 5.69 Å². The number of hydrogen-bond donors (Lipinski definition) is 0. The normalized spacial score (nSPS) is 9.97. The molecule has 3 aromatic carbocycles. The average molecular weight is 453 g/mol. The Hall–Kier alpha value is -4.30. The number of ether oxygens (including phenoxy) is 1. The Labute approximate surface area is 199 Å². The number of pyridine rings is 1. The van der Waals surface area contributed by atoms with E-state index in [0.29, 0.717) is 16.8 Å². The fourth-order valence-corrected chi connectivity index (χ4v) is 3.55. The van der Waals surface area contributed by atoms with E-state index in [1.54, 1.807) is 13.0 Å². The van der Waals surface area contributed by atoms with Gasteiger partial charge in [0, 0.05) is 23.6 Å². The first-order valence-electron chi connectivity index (χ1n) is 10.9. The van der Waals surface area contributed by atoms with E-state index in [0.717, 1.165) is 11.1 Å². The first-order chi connectivity index (χ1) is 16.5. The van der Waals surface area contributed by atoms with E-state index >= 15 is 4.39 Å². The van der Waals surface area contributed by atoms with Crippen LogP contribution in [-0.4, -0.2) is 17.6 Å². The summed E-state index contributed by atoms with van der Waals surface area (Å²) in [4.78, 5) is 17.7. The zero-order chi connectivity index (χ0) is 24.5. The Kier molecular flexibility index (Phi) is 8.26. The van der Waals surface area contributed by atoms with E-state index < -0.39 is 11.8 Å². The third-order valence-corrected chi connectivity index (χ3v) is 5.05. The number of aromatic nitrogens is 1. The molecule has 0 aliphatic heterocycles. The van der Waals surface area contributed by atoms with Crippen LogP contribution in [0.5, 0.6) is 0 Å². The van der Waals surface area contributed by atoms with Crippen LogP contribution in [0.1, 0.15) is 29.8 Å². The van der Waals surface area contributed by atoms with Crippen molar-refractivity contribution in [3.8, 4) is 39.7 Å². The van der Waals surface area contributed by atoms with Gasteiger partial charge in [-0.15, -0.1) is 0 Å². The smallest absolute Gasteiger partial charge is 0.341 e. The summed E-state index contributed by atoms with van der Waals surface area (Å²) in [5.41, 5.74) is 3.93. The molecule has 0 N–H and O–H groups in total. The number of hydrogen-bond acceptors (Lipinski definition) is 4. The summed E-state index contributed by atoms with van der Waals surface area (Å²) in [6.07, 6.45) is 0. The molecule has 0 spiro atoms. The maximum Gasteiger partial charge on any atom is 0.341 e. The topological polar surface area (TPSA) is 63.0 Å². The quantitative estimate of drug-likeness (QED) is 0.300. The lowest BCUT2D eigenvalue weighted by Gasteiger charge is -2.18. The number of esters is 1. The van der Waals surface area contributed by atoms with Crippen molar-refractivity contribution >= 4 is 5.97 Å². The summed E-state index contributed by atoms with van der Waals surface area (Å²) in [6, 6.07) is 27.7. The molecule has 5 heteroatoms. The van der Waals surface area contributed by atoms with Crippen molar-refractivity contribution in [1.29, 1.82) is 5.26 Å². The van der Waals surface area contributed by atoms with Gasteiger partial charge < -0.3 is 4.74 Å². The van der Waals surface area contributed by atoms with Gasteiger partial charge in [0.05, 0.1) is 23.9 Å². The van der Waals surface area contributed by atoms with Crippen LogP contribution in [0.3, 0.4) is 0 Å². The molecule has 1 aromatic heterocycles. The lowest BCUT2D eigenvalue weighted by Crippen LogP contribution is -2.12. The lowest BCUT2D eigenvalue weighted by atomic mass is 9.92. The third kappa shape index (κ3) is 5.36. The largest absolute Gasteiger partial charge is 0.462 e. The molecule has 4 nitrogen and oxygen atoms in total. The van der Waals surface area contributed by atoms with Crippen LogP contribution in [0.25, 0.3) is 33.6 Å². The maximum atomic E-state index is 16.0. The van der Waals surface area contributed by atoms with Crippen LogP contribution in [-0.2, 0) is 4.74 Å². The second-order valence-corrected chi connectivity index (χ2v) is 7.42. The van der Waals surface area contributed by atoms with Crippen molar-refractivity contribution in [2.75, 3.05) is 6.61 Å². The number of carbonyl (C=O) groups excluding carboxylic acids is 1. The summed E-state index contributed by atoms with van der Waals surface area (Å²) in [5.74, 6) is -1.14. The van der Waals surface area contributed by atoms with Gasteiger partial charge in [-0.05, 0) is 19.4 Å². The van der Waals surface area contributed by atoms with Crippen molar-refractivity contribution in [3.63, 3.8) is 0 Å². The summed E-state index contributed by atoms with van der Waals surface area (Å²) in [6.45, 7) is 5.31. The van der Waals surface area contributed by atoms with Crippen molar-refractivity contribution < 1.29 is 13.9 Å². The molecule has 0 fully saturated rings. The first-order valence-corrected chi connectivity index (χ1v) is 10.9. The molecule has 0 radical (unpaired) electrons. The summed E-state index contributed by atoms with van der Waals surface area (Å²) in [5, 5.41) is 7.32. The highest BCUT2D eigenvalue weighted by Crippen LogP contribution is 2.38. The van der Waals surface area contributed by atoms with E-state index in [9.17, 15) is 4.79 Å². The SMILES string of the molecule is CC#N.CCOC(=O)c1c(-c2ccccc2)nc(-c2ccccc2)c(F)c1-c1ccc(C)cc1. The fourth-order valence-electron chi connectivity index (χ4n) is 3.55. The number of nitriles is 1. The van der Waals surface area contributed by atoms with Crippen LogP contribution in [0, 0.1) is 24.1 Å². The standard InChI is InChI=1S/C27H22FNO2.C2H3N/c1-3-31-27(30)23-22(19-16-14-18(2)15-17-19)24(28)26(21-12-8-5-9-13-21)29-25(23)20-10-6-4-7-11-20;1-2-3/h4-17H,3H2,1-2H3;1H3. The molecule has 0 amide bonds. The molecule has 1 heterocycles. The molecule has 0 bridgehead atoms. The summed E-state index contributed by atoms with van der Waals surface area (Å²) < 4.78 is 21.4. The highest BCUT2D eigenvalue weighted by atomic mass is 19.1. The van der Waals surface area contributed by atoms with E-state index in [-0.39, 0.29) is 23.4 Å². The monoisotopic (exact) mass is 452 g/mol. The Morgan fingerprint density at radius 2 is 1.38 bits per heavy atom. The second kappa shape index (κ2) is 11.5. The van der Waals surface area contributed by atoms with E-state index in [2.05, 4.69) is 4.98 Å². The van der Waals surface area contributed by atoms with Crippen molar-refractivity contribution in [2.24, 2.45) is 0 Å². The molecular formula is C29H25FN2O2. The van der Waals surface area contributed by atoms with Crippen LogP contribution in [0.2, 0.25) is 0 Å². The number of aryl methyl sites for hydroxylation is 1. The average Bonchev–Trinajstić information content (AvgIpc) is 2.86. The fraction of sp³-hybridized carbons (Fsp3) is 0.138. The minimum absolute atomic E-state index is 0.133. The van der Waals surface area contributed by atoms with Gasteiger partial charge in [-0.2, -0.15) is 5.26 Å². The summed E-state index contributed by atoms with van der Waals surface area (Å²) >= 11 is 0. The number of halogens is 1. The van der Waals surface area contributed by atoms with E-state index in [4.69, 9.17) is 10.00 Å². The second-order valence-electron chi connectivity index (χ2n) is 7.42. The lowest BCUT2D eigenvalue weighted by molar-refractivity contribution is 0.0527. The molecule has 0 saturated carbocycles. The predicted octanol–water partition coefficient (Wildman–Crippen LogP) is 7.24. The van der Waals surface area contributed by atoms with Crippen LogP contribution in [0.4, 0.5) is 4.39 Å². The molecule has 34 heavy (non-hydrogen) atoms. The molecule has 0 unspecified atom stereocenters. The Balaban J connectivity index is 0.00000103. The molecule has 170 valence electrons. The molecule has 0 saturated heterocycles. The van der Waals surface area contributed by atoms with Gasteiger partial charge in [-0.3, -0.25) is 0 Å². The molecule has 4 aromatic rings. The van der Waals surface area contributed by atoms with Crippen LogP contribution >= 0.6 is 0 Å². The molecule has 0 atom stereocenters. The molecular weight excluding hydrogens is 427 g/mol. The minimum atomic E-state index is -0.595. The van der Waals surface area contributed by atoms with Gasteiger partial charge in [-0.25, -0.2) is 14.2 Å². The molecule has 0 aliphatic carbocycles. The number of rotatable bonds is 5. The van der Waals surface area contributed by atoms with Gasteiger partial charge in [-0.1, -0.05) is 90.5 Å². The van der Waals surface area contributed by atoms with E-state index in [1.165, 1.54) is 6.92 Å². The third-order valence-electron chi connectivity index (χ3n) is 5.05. The number of nitrogens with zero attached hydrogens (tertiary/aromatic N) is 2. The highest BCUT2D eigenvalue weighted by Gasteiger charge is 2.28. The van der Waals surface area contributed by atoms with Gasteiger partial charge in [0.15, 0.2) is 5.82 Å². The van der Waals surface area contributed by atoms with Crippen molar-refractivity contribution in [1.82, 2.24) is 4.98 Å². The Bertz CT molecular complexity index is 1300. The minimum Gasteiger partial charge on any atom is -0.462 e. The molecule has 0 aliphatic rings. The van der Waals surface area contributed by atoms with Crippen LogP contribution < -0.4 is 0 Å². The molecule has 4 rings (SSSR count). The highest BCUT2D eigenvalue weighted by molar-refractivity contribution is 6.04. The number of carbonyl (C=O) groups is 1. The predicted molar refractivity (Wildman–Crippen MR) is 132 cm³/mol. The maximum absolute atomic E-state index is 16.0. The zero-order valence-electron chi connectivity index (χ0n) is 19.4.